The van der Waals surface area contributed by atoms with Crippen molar-refractivity contribution in [2.45, 2.75) is 38.7 Å². The molecular weight excluding hydrogens is 232 g/mol. The first-order valence-corrected chi connectivity index (χ1v) is 6.52. The van der Waals surface area contributed by atoms with Crippen molar-refractivity contribution >= 4 is 0 Å². The van der Waals surface area contributed by atoms with Gasteiger partial charge in [0, 0.05) is 44.4 Å². The Morgan fingerprint density at radius 2 is 2.17 bits per heavy atom. The first-order valence-electron chi connectivity index (χ1n) is 6.52. The van der Waals surface area contributed by atoms with E-state index >= 15 is 0 Å². The minimum atomic E-state index is -0.489. The second-order valence-corrected chi connectivity index (χ2v) is 4.48. The van der Waals surface area contributed by atoms with Gasteiger partial charge in [-0.05, 0) is 13.3 Å². The third-order valence-corrected chi connectivity index (χ3v) is 3.31. The predicted octanol–water partition coefficient (Wildman–Crippen LogP) is 1.37. The molecule has 0 unspecified atom stereocenters. The van der Waals surface area contributed by atoms with E-state index in [1.165, 1.54) is 0 Å². The summed E-state index contributed by atoms with van der Waals surface area (Å²) in [6.07, 6.45) is 2.21. The highest BCUT2D eigenvalue weighted by molar-refractivity contribution is 5.10. The van der Waals surface area contributed by atoms with Gasteiger partial charge in [-0.15, -0.1) is 0 Å². The molecule has 2 heterocycles. The Labute approximate surface area is 107 Å². The molecule has 2 rings (SSSR count). The Hall–Kier alpha value is -1.20. The van der Waals surface area contributed by atoms with Gasteiger partial charge < -0.3 is 14.5 Å². The predicted molar refractivity (Wildman–Crippen MR) is 67.6 cm³/mol. The summed E-state index contributed by atoms with van der Waals surface area (Å²) in [6.45, 7) is 5.82. The molecule has 1 fully saturated rings. The van der Waals surface area contributed by atoms with E-state index in [4.69, 9.17) is 9.47 Å². The van der Waals surface area contributed by atoms with Crippen LogP contribution in [0.2, 0.25) is 0 Å². The molecule has 0 amide bonds. The third kappa shape index (κ3) is 2.62. The fourth-order valence-electron chi connectivity index (χ4n) is 2.33. The monoisotopic (exact) mass is 252 g/mol. The van der Waals surface area contributed by atoms with E-state index in [1.807, 2.05) is 13.8 Å². The van der Waals surface area contributed by atoms with Gasteiger partial charge in [0.2, 0.25) is 0 Å². The van der Waals surface area contributed by atoms with Crippen LogP contribution in [0, 0.1) is 0 Å². The Balaban J connectivity index is 2.41. The maximum atomic E-state index is 11.7. The maximum absolute atomic E-state index is 11.7. The van der Waals surface area contributed by atoms with Gasteiger partial charge in [-0.3, -0.25) is 4.79 Å². The fourth-order valence-corrected chi connectivity index (χ4v) is 2.33. The van der Waals surface area contributed by atoms with Gasteiger partial charge in [-0.1, -0.05) is 6.92 Å². The zero-order valence-electron chi connectivity index (χ0n) is 11.0. The number of hydrogen-bond donors (Lipinski definition) is 1. The van der Waals surface area contributed by atoms with E-state index in [0.29, 0.717) is 25.6 Å². The van der Waals surface area contributed by atoms with E-state index in [0.717, 1.165) is 25.0 Å². The van der Waals surface area contributed by atoms with Gasteiger partial charge in [0.05, 0.1) is 0 Å². The van der Waals surface area contributed by atoms with E-state index in [9.17, 15) is 4.79 Å². The molecule has 1 aliphatic heterocycles. The molecule has 100 valence electrons. The standard InChI is InChI=1S/C13H20N2O3/c1-3-10-9-11(16)15-12(14-10)13(18-4-2)5-7-17-8-6-13/h9H,3-8H2,1-2H3,(H,14,15,16). The normalized spacial score (nSPS) is 18.8. The first-order chi connectivity index (χ1) is 8.70. The van der Waals surface area contributed by atoms with E-state index in [1.54, 1.807) is 6.07 Å². The Bertz CT molecular complexity index is 444. The van der Waals surface area contributed by atoms with Crippen molar-refractivity contribution in [2.24, 2.45) is 0 Å². The summed E-state index contributed by atoms with van der Waals surface area (Å²) >= 11 is 0. The highest BCUT2D eigenvalue weighted by Gasteiger charge is 2.37. The number of H-pyrrole nitrogens is 1. The molecule has 0 radical (unpaired) electrons. The molecule has 0 atom stereocenters. The molecule has 1 saturated heterocycles. The lowest BCUT2D eigenvalue weighted by Gasteiger charge is -2.35. The summed E-state index contributed by atoms with van der Waals surface area (Å²) in [7, 11) is 0. The number of nitrogens with one attached hydrogen (secondary N) is 1. The van der Waals surface area contributed by atoms with Gasteiger partial charge >= 0.3 is 0 Å². The molecule has 1 aromatic rings. The van der Waals surface area contributed by atoms with Gasteiger partial charge in [-0.25, -0.2) is 4.98 Å². The SMILES string of the molecule is CCOC1(c2nc(CC)cc(=O)[nH]2)CCOCC1. The molecule has 0 saturated carbocycles. The van der Waals surface area contributed by atoms with E-state index in [2.05, 4.69) is 9.97 Å². The summed E-state index contributed by atoms with van der Waals surface area (Å²) in [5.41, 5.74) is 0.207. The van der Waals surface area contributed by atoms with Crippen molar-refractivity contribution in [1.82, 2.24) is 9.97 Å². The zero-order chi connectivity index (χ0) is 13.0. The van der Waals surface area contributed by atoms with Crippen LogP contribution in [0.3, 0.4) is 0 Å². The molecule has 0 spiro atoms. The topological polar surface area (TPSA) is 64.2 Å². The van der Waals surface area contributed by atoms with Crippen LogP contribution in [0.4, 0.5) is 0 Å². The average molecular weight is 252 g/mol. The second-order valence-electron chi connectivity index (χ2n) is 4.48. The molecule has 1 aliphatic rings. The number of hydrogen-bond acceptors (Lipinski definition) is 4. The third-order valence-electron chi connectivity index (χ3n) is 3.31. The summed E-state index contributed by atoms with van der Waals surface area (Å²) in [5.74, 6) is 0.650. The van der Waals surface area contributed by atoms with Crippen molar-refractivity contribution in [3.8, 4) is 0 Å². The van der Waals surface area contributed by atoms with Crippen molar-refractivity contribution in [2.75, 3.05) is 19.8 Å². The lowest BCUT2D eigenvalue weighted by Crippen LogP contribution is -2.39. The number of aryl methyl sites for hydroxylation is 1. The Morgan fingerprint density at radius 1 is 1.44 bits per heavy atom. The highest BCUT2D eigenvalue weighted by Crippen LogP contribution is 2.33. The van der Waals surface area contributed by atoms with Crippen molar-refractivity contribution < 1.29 is 9.47 Å². The molecular formula is C13H20N2O3. The first kappa shape index (κ1) is 13.2. The zero-order valence-corrected chi connectivity index (χ0v) is 11.0. The van der Waals surface area contributed by atoms with Crippen LogP contribution in [0.1, 0.15) is 38.2 Å². The molecule has 18 heavy (non-hydrogen) atoms. The highest BCUT2D eigenvalue weighted by atomic mass is 16.5. The number of nitrogens with zero attached hydrogens (tertiary/aromatic N) is 1. The van der Waals surface area contributed by atoms with E-state index in [-0.39, 0.29) is 5.56 Å². The van der Waals surface area contributed by atoms with Gasteiger partial charge in [0.25, 0.3) is 5.56 Å². The van der Waals surface area contributed by atoms with Gasteiger partial charge in [-0.2, -0.15) is 0 Å². The van der Waals surface area contributed by atoms with E-state index < -0.39 is 5.60 Å². The lowest BCUT2D eigenvalue weighted by atomic mass is 9.92. The summed E-state index contributed by atoms with van der Waals surface area (Å²) in [4.78, 5) is 19.0. The van der Waals surface area contributed by atoms with Crippen molar-refractivity contribution in [3.05, 3.63) is 27.9 Å². The smallest absolute Gasteiger partial charge is 0.251 e. The largest absolute Gasteiger partial charge is 0.381 e. The van der Waals surface area contributed by atoms with Crippen LogP contribution < -0.4 is 5.56 Å². The minimum absolute atomic E-state index is 0.109. The number of aromatic nitrogens is 2. The van der Waals surface area contributed by atoms with Crippen molar-refractivity contribution in [1.29, 1.82) is 0 Å². The van der Waals surface area contributed by atoms with Crippen molar-refractivity contribution in [3.63, 3.8) is 0 Å². The average Bonchev–Trinajstić information content (AvgIpc) is 2.39. The molecule has 0 bridgehead atoms. The fraction of sp³-hybridized carbons (Fsp3) is 0.692. The maximum Gasteiger partial charge on any atom is 0.251 e. The van der Waals surface area contributed by atoms with Crippen LogP contribution in [-0.2, 0) is 21.5 Å². The Morgan fingerprint density at radius 3 is 2.78 bits per heavy atom. The van der Waals surface area contributed by atoms with Crippen LogP contribution in [-0.4, -0.2) is 29.8 Å². The van der Waals surface area contributed by atoms with Crippen LogP contribution in [0.15, 0.2) is 10.9 Å². The minimum Gasteiger partial charge on any atom is -0.381 e. The molecule has 0 aliphatic carbocycles. The summed E-state index contributed by atoms with van der Waals surface area (Å²) < 4.78 is 11.3. The lowest BCUT2D eigenvalue weighted by molar-refractivity contribution is -0.118. The summed E-state index contributed by atoms with van der Waals surface area (Å²) in [6, 6.07) is 1.54. The molecule has 5 heteroatoms. The molecule has 1 N–H and O–H groups in total. The Kier molecular flexibility index (Phi) is 4.14. The number of ether oxygens (including phenoxy) is 2. The van der Waals surface area contributed by atoms with Crippen LogP contribution in [0.25, 0.3) is 0 Å². The molecule has 0 aromatic carbocycles. The number of rotatable bonds is 4. The van der Waals surface area contributed by atoms with Crippen LogP contribution in [0.5, 0.6) is 0 Å². The second kappa shape index (κ2) is 5.63. The summed E-state index contributed by atoms with van der Waals surface area (Å²) in [5, 5.41) is 0. The quantitative estimate of drug-likeness (QED) is 0.879. The van der Waals surface area contributed by atoms with Gasteiger partial charge in [0.15, 0.2) is 0 Å². The van der Waals surface area contributed by atoms with Crippen LogP contribution >= 0.6 is 0 Å². The molecule has 1 aromatic heterocycles. The number of aromatic amines is 1. The molecule has 5 nitrogen and oxygen atoms in total. The van der Waals surface area contributed by atoms with Gasteiger partial charge in [0.1, 0.15) is 11.4 Å².